The maximum Gasteiger partial charge on any atom is 0.297 e. The lowest BCUT2D eigenvalue weighted by Crippen LogP contribution is -2.35. The van der Waals surface area contributed by atoms with Crippen LogP contribution >= 0.6 is 0 Å². The summed E-state index contributed by atoms with van der Waals surface area (Å²) in [5.41, 5.74) is 1.02. The van der Waals surface area contributed by atoms with Crippen LogP contribution in [-0.4, -0.2) is 26.7 Å². The van der Waals surface area contributed by atoms with E-state index in [1.807, 2.05) is 20.8 Å². The van der Waals surface area contributed by atoms with Crippen molar-refractivity contribution in [3.63, 3.8) is 0 Å². The Balaban J connectivity index is 2.10. The minimum absolute atomic E-state index is 0.0296. The molecule has 1 aliphatic heterocycles. The normalized spacial score (nSPS) is 28.3. The summed E-state index contributed by atoms with van der Waals surface area (Å²) in [6.07, 6.45) is 0.971. The number of rotatable bonds is 3. The van der Waals surface area contributed by atoms with Crippen LogP contribution < -0.4 is 0 Å². The minimum atomic E-state index is -3.68. The summed E-state index contributed by atoms with van der Waals surface area (Å²) >= 11 is 0. The summed E-state index contributed by atoms with van der Waals surface area (Å²) < 4.78 is 35.2. The van der Waals surface area contributed by atoms with Gasteiger partial charge in [-0.05, 0) is 32.9 Å². The van der Waals surface area contributed by atoms with Crippen LogP contribution in [0.3, 0.4) is 0 Å². The molecule has 0 bridgehead atoms. The van der Waals surface area contributed by atoms with Gasteiger partial charge in [-0.2, -0.15) is 8.42 Å². The molecule has 0 N–H and O–H groups in total. The first-order valence-corrected chi connectivity index (χ1v) is 7.93. The minimum Gasteiger partial charge on any atom is -0.375 e. The SMILES string of the molecule is Cc1ccc(S(=O)(=O)OC2C[C@@H](C)O[C@@H](C)C2)cc1. The molecular formula is C14H20O4S. The summed E-state index contributed by atoms with van der Waals surface area (Å²) in [6.45, 7) is 5.79. The fourth-order valence-corrected chi connectivity index (χ4v) is 3.46. The van der Waals surface area contributed by atoms with Crippen molar-refractivity contribution in [1.82, 2.24) is 0 Å². The molecule has 2 rings (SSSR count). The first kappa shape index (κ1) is 14.5. The van der Waals surface area contributed by atoms with Crippen molar-refractivity contribution in [2.45, 2.75) is 56.8 Å². The van der Waals surface area contributed by atoms with E-state index in [9.17, 15) is 8.42 Å². The van der Waals surface area contributed by atoms with Gasteiger partial charge in [-0.3, -0.25) is 4.18 Å². The zero-order chi connectivity index (χ0) is 14.0. The van der Waals surface area contributed by atoms with Crippen LogP contribution in [0.25, 0.3) is 0 Å². The summed E-state index contributed by atoms with van der Waals surface area (Å²) in [5.74, 6) is 0. The van der Waals surface area contributed by atoms with Crippen LogP contribution in [0.4, 0.5) is 0 Å². The van der Waals surface area contributed by atoms with Gasteiger partial charge in [-0.1, -0.05) is 17.7 Å². The number of benzene rings is 1. The molecule has 4 nitrogen and oxygen atoms in total. The third-order valence-electron chi connectivity index (χ3n) is 3.23. The third-order valence-corrected chi connectivity index (χ3v) is 4.60. The Morgan fingerprint density at radius 3 is 2.16 bits per heavy atom. The first-order chi connectivity index (χ1) is 8.87. The lowest BCUT2D eigenvalue weighted by Gasteiger charge is -2.31. The third kappa shape index (κ3) is 3.78. The van der Waals surface area contributed by atoms with Gasteiger partial charge in [0.1, 0.15) is 0 Å². The predicted molar refractivity (Wildman–Crippen MR) is 72.5 cm³/mol. The smallest absolute Gasteiger partial charge is 0.297 e. The fraction of sp³-hybridized carbons (Fsp3) is 0.571. The van der Waals surface area contributed by atoms with E-state index >= 15 is 0 Å². The molecular weight excluding hydrogens is 264 g/mol. The molecule has 0 spiro atoms. The topological polar surface area (TPSA) is 52.6 Å². The molecule has 1 heterocycles. The van der Waals surface area contributed by atoms with E-state index in [1.165, 1.54) is 0 Å². The van der Waals surface area contributed by atoms with E-state index in [-0.39, 0.29) is 23.2 Å². The van der Waals surface area contributed by atoms with Gasteiger partial charge in [-0.25, -0.2) is 0 Å². The second kappa shape index (κ2) is 5.61. The molecule has 1 aromatic rings. The standard InChI is InChI=1S/C14H20O4S/c1-10-4-6-14(7-5-10)19(15,16)18-13-8-11(2)17-12(3)9-13/h4-7,11-13H,8-9H2,1-3H3/t11-,12+,13?. The number of hydrogen-bond donors (Lipinski definition) is 0. The molecule has 106 valence electrons. The van der Waals surface area contributed by atoms with Gasteiger partial charge in [0.05, 0.1) is 23.2 Å². The van der Waals surface area contributed by atoms with E-state index in [1.54, 1.807) is 24.3 Å². The number of hydrogen-bond acceptors (Lipinski definition) is 4. The van der Waals surface area contributed by atoms with Crippen molar-refractivity contribution in [2.75, 3.05) is 0 Å². The van der Waals surface area contributed by atoms with Gasteiger partial charge in [0.15, 0.2) is 0 Å². The fourth-order valence-electron chi connectivity index (χ4n) is 2.36. The average molecular weight is 284 g/mol. The number of ether oxygens (including phenoxy) is 1. The Bertz CT molecular complexity index is 511. The molecule has 1 saturated heterocycles. The molecule has 19 heavy (non-hydrogen) atoms. The summed E-state index contributed by atoms with van der Waals surface area (Å²) in [5, 5.41) is 0. The quantitative estimate of drug-likeness (QED) is 0.801. The van der Waals surface area contributed by atoms with E-state index in [4.69, 9.17) is 8.92 Å². The average Bonchev–Trinajstić information content (AvgIpc) is 2.27. The predicted octanol–water partition coefficient (Wildman–Crippen LogP) is 2.66. The number of aryl methyl sites for hydroxylation is 1. The molecule has 0 aliphatic carbocycles. The van der Waals surface area contributed by atoms with Crippen LogP contribution in [0.5, 0.6) is 0 Å². The van der Waals surface area contributed by atoms with Gasteiger partial charge >= 0.3 is 0 Å². The Kier molecular flexibility index (Phi) is 4.28. The van der Waals surface area contributed by atoms with Gasteiger partial charge in [0, 0.05) is 12.8 Å². The first-order valence-electron chi connectivity index (χ1n) is 6.52. The Hall–Kier alpha value is -0.910. The van der Waals surface area contributed by atoms with Crippen molar-refractivity contribution >= 4 is 10.1 Å². The molecule has 5 heteroatoms. The highest BCUT2D eigenvalue weighted by atomic mass is 32.2. The van der Waals surface area contributed by atoms with Crippen LogP contribution in [0, 0.1) is 6.92 Å². The molecule has 1 aromatic carbocycles. The van der Waals surface area contributed by atoms with Gasteiger partial charge in [-0.15, -0.1) is 0 Å². The lowest BCUT2D eigenvalue weighted by molar-refractivity contribution is -0.0706. The molecule has 0 radical (unpaired) electrons. The molecule has 1 fully saturated rings. The highest BCUT2D eigenvalue weighted by Gasteiger charge is 2.29. The maximum absolute atomic E-state index is 12.2. The highest BCUT2D eigenvalue weighted by Crippen LogP contribution is 2.25. The molecule has 3 atom stereocenters. The van der Waals surface area contributed by atoms with Crippen molar-refractivity contribution in [3.8, 4) is 0 Å². The highest BCUT2D eigenvalue weighted by molar-refractivity contribution is 7.86. The van der Waals surface area contributed by atoms with E-state index in [0.717, 1.165) is 5.56 Å². The van der Waals surface area contributed by atoms with Crippen molar-refractivity contribution in [3.05, 3.63) is 29.8 Å². The van der Waals surface area contributed by atoms with E-state index < -0.39 is 10.1 Å². The van der Waals surface area contributed by atoms with Gasteiger partial charge < -0.3 is 4.74 Å². The van der Waals surface area contributed by atoms with E-state index in [0.29, 0.717) is 12.8 Å². The molecule has 1 unspecified atom stereocenters. The molecule has 0 amide bonds. The Morgan fingerprint density at radius 2 is 1.63 bits per heavy atom. The molecule has 1 aliphatic rings. The van der Waals surface area contributed by atoms with Gasteiger partial charge in [0.25, 0.3) is 10.1 Å². The summed E-state index contributed by atoms with van der Waals surface area (Å²) in [4.78, 5) is 0.213. The zero-order valence-corrected chi connectivity index (χ0v) is 12.3. The van der Waals surface area contributed by atoms with E-state index in [2.05, 4.69) is 0 Å². The Labute approximate surface area is 114 Å². The summed E-state index contributed by atoms with van der Waals surface area (Å²) in [7, 11) is -3.68. The van der Waals surface area contributed by atoms with Crippen LogP contribution in [-0.2, 0) is 19.0 Å². The van der Waals surface area contributed by atoms with Crippen LogP contribution in [0.1, 0.15) is 32.3 Å². The van der Waals surface area contributed by atoms with Crippen molar-refractivity contribution in [2.24, 2.45) is 0 Å². The lowest BCUT2D eigenvalue weighted by atomic mass is 10.0. The van der Waals surface area contributed by atoms with Gasteiger partial charge in [0.2, 0.25) is 0 Å². The van der Waals surface area contributed by atoms with Crippen molar-refractivity contribution in [1.29, 1.82) is 0 Å². The monoisotopic (exact) mass is 284 g/mol. The maximum atomic E-state index is 12.2. The Morgan fingerprint density at radius 1 is 1.11 bits per heavy atom. The summed E-state index contributed by atoms with van der Waals surface area (Å²) in [6, 6.07) is 6.70. The largest absolute Gasteiger partial charge is 0.375 e. The van der Waals surface area contributed by atoms with Crippen LogP contribution in [0.15, 0.2) is 29.2 Å². The van der Waals surface area contributed by atoms with Crippen molar-refractivity contribution < 1.29 is 17.3 Å². The molecule has 0 aromatic heterocycles. The zero-order valence-electron chi connectivity index (χ0n) is 11.5. The van der Waals surface area contributed by atoms with Crippen LogP contribution in [0.2, 0.25) is 0 Å². The second-order valence-corrected chi connectivity index (χ2v) is 6.79. The molecule has 0 saturated carbocycles. The second-order valence-electron chi connectivity index (χ2n) is 5.21.